The number of benzene rings is 2. The Morgan fingerprint density at radius 3 is 2.36 bits per heavy atom. The number of ether oxygens (including phenoxy) is 1. The number of ketones is 1. The lowest BCUT2D eigenvalue weighted by atomic mass is 9.85. The number of aryl methyl sites for hydroxylation is 1. The molecule has 0 spiro atoms. The monoisotopic (exact) mass is 536 g/mol. The van der Waals surface area contributed by atoms with Crippen molar-refractivity contribution >= 4 is 51.5 Å². The molecule has 2 atom stereocenters. The largest absolute Gasteiger partial charge is 0.454 e. The molecule has 39 heavy (non-hydrogen) atoms. The molecule has 0 unspecified atom stereocenters. The molecule has 1 aliphatic carbocycles. The minimum absolute atomic E-state index is 0.163. The number of aromatic nitrogens is 1. The molecular weight excluding hydrogens is 512 g/mol. The van der Waals surface area contributed by atoms with Gasteiger partial charge in [0, 0.05) is 10.9 Å². The van der Waals surface area contributed by atoms with Crippen LogP contribution in [0.4, 0.5) is 5.69 Å². The summed E-state index contributed by atoms with van der Waals surface area (Å²) in [6.07, 6.45) is 5.10. The molecule has 0 saturated carbocycles. The van der Waals surface area contributed by atoms with E-state index >= 15 is 0 Å². The average Bonchev–Trinajstić information content (AvgIpc) is 3.58. The number of fused-ring (bicyclic) bond motifs is 2. The summed E-state index contributed by atoms with van der Waals surface area (Å²) in [7, 11) is 0. The minimum Gasteiger partial charge on any atom is -0.454 e. The van der Waals surface area contributed by atoms with Crippen molar-refractivity contribution in [2.24, 2.45) is 11.8 Å². The maximum Gasteiger partial charge on any atom is 0.339 e. The van der Waals surface area contributed by atoms with Gasteiger partial charge in [-0.3, -0.25) is 19.3 Å². The minimum atomic E-state index is -0.611. The van der Waals surface area contributed by atoms with E-state index < -0.39 is 5.97 Å². The summed E-state index contributed by atoms with van der Waals surface area (Å²) in [5.41, 5.74) is 3.64. The third-order valence-electron chi connectivity index (χ3n) is 7.24. The third-order valence-corrected chi connectivity index (χ3v) is 8.15. The van der Waals surface area contributed by atoms with Gasteiger partial charge in [0.15, 0.2) is 6.61 Å². The van der Waals surface area contributed by atoms with Crippen molar-refractivity contribution in [1.29, 1.82) is 0 Å². The first-order valence-corrected chi connectivity index (χ1v) is 13.6. The second-order valence-corrected chi connectivity index (χ2v) is 10.7. The number of carbonyl (C=O) groups excluding carboxylic acids is 4. The molecule has 4 aromatic rings. The maximum absolute atomic E-state index is 13.2. The van der Waals surface area contributed by atoms with Crippen LogP contribution in [0.3, 0.4) is 0 Å². The third kappa shape index (κ3) is 4.57. The molecule has 7 nitrogen and oxygen atoms in total. The Kier molecular flexibility index (Phi) is 6.40. The molecule has 8 heteroatoms. The molecule has 2 aromatic heterocycles. The normalized spacial score (nSPS) is 18.4. The summed E-state index contributed by atoms with van der Waals surface area (Å²) in [6.45, 7) is 1.57. The van der Waals surface area contributed by atoms with Gasteiger partial charge in [-0.05, 0) is 61.5 Å². The summed E-state index contributed by atoms with van der Waals surface area (Å²) < 4.78 is 5.41. The standard InChI is InChI=1S/C31H24N2O5S/c1-18-8-13-25-23(15-18)24(31(37)38-17-27(34)28-7-4-14-39-28)16-26(32-25)19-9-11-20(12-10-19)33-29(35)21-5-2-3-6-22(21)30(33)36/h2-4,7-16,21-22H,5-6,17H2,1H3/t21-,22+. The molecule has 2 aliphatic rings. The van der Waals surface area contributed by atoms with Crippen molar-refractivity contribution in [2.45, 2.75) is 19.8 Å². The SMILES string of the molecule is Cc1ccc2nc(-c3ccc(N4C(=O)[C@H]5CC=CC[C@H]5C4=O)cc3)cc(C(=O)OCC(=O)c3cccs3)c2c1. The molecule has 0 N–H and O–H groups in total. The Balaban J connectivity index is 1.30. The van der Waals surface area contributed by atoms with Gasteiger partial charge in [-0.15, -0.1) is 11.3 Å². The van der Waals surface area contributed by atoms with Crippen LogP contribution in [0.2, 0.25) is 0 Å². The van der Waals surface area contributed by atoms with Crippen molar-refractivity contribution in [1.82, 2.24) is 4.98 Å². The number of hydrogen-bond acceptors (Lipinski definition) is 7. The summed E-state index contributed by atoms with van der Waals surface area (Å²) >= 11 is 1.30. The fraction of sp³-hybridized carbons (Fsp3) is 0.194. The van der Waals surface area contributed by atoms with Gasteiger partial charge >= 0.3 is 5.97 Å². The lowest BCUT2D eigenvalue weighted by Gasteiger charge is -2.15. The number of amides is 2. The fourth-order valence-corrected chi connectivity index (χ4v) is 5.86. The molecule has 2 aromatic carbocycles. The van der Waals surface area contributed by atoms with Crippen LogP contribution < -0.4 is 4.90 Å². The van der Waals surface area contributed by atoms with E-state index in [-0.39, 0.29) is 36.0 Å². The lowest BCUT2D eigenvalue weighted by Crippen LogP contribution is -2.30. The van der Waals surface area contributed by atoms with E-state index in [1.54, 1.807) is 47.8 Å². The van der Waals surface area contributed by atoms with Crippen LogP contribution in [-0.4, -0.2) is 35.2 Å². The van der Waals surface area contributed by atoms with Crippen molar-refractivity contribution in [2.75, 3.05) is 11.5 Å². The van der Waals surface area contributed by atoms with Crippen LogP contribution in [0.1, 0.15) is 38.4 Å². The maximum atomic E-state index is 13.2. The highest BCUT2D eigenvalue weighted by atomic mass is 32.1. The Bertz CT molecular complexity index is 1630. The van der Waals surface area contributed by atoms with Gasteiger partial charge in [-0.2, -0.15) is 0 Å². The quantitative estimate of drug-likeness (QED) is 0.134. The van der Waals surface area contributed by atoms with Crippen molar-refractivity contribution in [3.63, 3.8) is 0 Å². The molecule has 0 radical (unpaired) electrons. The van der Waals surface area contributed by atoms with Gasteiger partial charge in [0.2, 0.25) is 17.6 Å². The van der Waals surface area contributed by atoms with E-state index in [1.165, 1.54) is 16.2 Å². The summed E-state index contributed by atoms with van der Waals surface area (Å²) in [5, 5.41) is 2.43. The zero-order valence-electron chi connectivity index (χ0n) is 21.1. The predicted octanol–water partition coefficient (Wildman–Crippen LogP) is 5.77. The fourth-order valence-electron chi connectivity index (χ4n) is 5.21. The number of allylic oxidation sites excluding steroid dienone is 2. The predicted molar refractivity (Wildman–Crippen MR) is 149 cm³/mol. The number of rotatable bonds is 6. The van der Waals surface area contributed by atoms with E-state index in [2.05, 4.69) is 0 Å². The summed E-state index contributed by atoms with van der Waals surface area (Å²) in [6, 6.07) is 17.8. The van der Waals surface area contributed by atoms with Crippen LogP contribution in [0, 0.1) is 18.8 Å². The molecule has 1 aliphatic heterocycles. The summed E-state index contributed by atoms with van der Waals surface area (Å²) in [5.74, 6) is -1.79. The first-order chi connectivity index (χ1) is 18.9. The first kappa shape index (κ1) is 24.9. The molecule has 1 fully saturated rings. The smallest absolute Gasteiger partial charge is 0.339 e. The number of thiophene rings is 1. The zero-order valence-corrected chi connectivity index (χ0v) is 21.9. The highest BCUT2D eigenvalue weighted by Gasteiger charge is 2.47. The van der Waals surface area contributed by atoms with Gasteiger partial charge in [-0.1, -0.05) is 42.0 Å². The Morgan fingerprint density at radius 2 is 1.69 bits per heavy atom. The van der Waals surface area contributed by atoms with Crippen molar-refractivity contribution < 1.29 is 23.9 Å². The van der Waals surface area contributed by atoms with E-state index in [1.807, 2.05) is 37.3 Å². The zero-order chi connectivity index (χ0) is 27.1. The van der Waals surface area contributed by atoms with Crippen LogP contribution >= 0.6 is 11.3 Å². The van der Waals surface area contributed by atoms with Crippen LogP contribution in [0.25, 0.3) is 22.2 Å². The van der Waals surface area contributed by atoms with Gasteiger partial charge in [0.1, 0.15) is 0 Å². The molecule has 2 amide bonds. The van der Waals surface area contributed by atoms with E-state index in [0.29, 0.717) is 51.1 Å². The van der Waals surface area contributed by atoms with E-state index in [4.69, 9.17) is 9.72 Å². The van der Waals surface area contributed by atoms with Crippen LogP contribution in [-0.2, 0) is 14.3 Å². The first-order valence-electron chi connectivity index (χ1n) is 12.7. The van der Waals surface area contributed by atoms with Crippen LogP contribution in [0.15, 0.2) is 78.2 Å². The molecule has 194 valence electrons. The van der Waals surface area contributed by atoms with Gasteiger partial charge < -0.3 is 4.74 Å². The van der Waals surface area contributed by atoms with Gasteiger partial charge in [-0.25, -0.2) is 9.78 Å². The second kappa shape index (κ2) is 10.0. The highest BCUT2D eigenvalue weighted by Crippen LogP contribution is 2.38. The Labute approximate surface area is 228 Å². The Hall–Kier alpha value is -4.43. The number of imide groups is 1. The second-order valence-electron chi connectivity index (χ2n) is 9.77. The molecule has 3 heterocycles. The van der Waals surface area contributed by atoms with Gasteiger partial charge in [0.05, 0.1) is 39.2 Å². The van der Waals surface area contributed by atoms with Gasteiger partial charge in [0.25, 0.3) is 0 Å². The highest BCUT2D eigenvalue weighted by molar-refractivity contribution is 7.12. The number of Topliss-reactive ketones (excluding diaryl/α,β-unsaturated/α-hetero) is 1. The number of nitrogens with zero attached hydrogens (tertiary/aromatic N) is 2. The van der Waals surface area contributed by atoms with E-state index in [0.717, 1.165) is 5.56 Å². The average molecular weight is 537 g/mol. The summed E-state index contributed by atoms with van der Waals surface area (Å²) in [4.78, 5) is 58.1. The molecule has 1 saturated heterocycles. The van der Waals surface area contributed by atoms with Crippen molar-refractivity contribution in [3.8, 4) is 11.3 Å². The Morgan fingerprint density at radius 1 is 0.974 bits per heavy atom. The number of esters is 1. The number of hydrogen-bond donors (Lipinski definition) is 0. The number of pyridine rings is 1. The van der Waals surface area contributed by atoms with Crippen LogP contribution in [0.5, 0.6) is 0 Å². The van der Waals surface area contributed by atoms with Crippen molar-refractivity contribution in [3.05, 3.63) is 94.2 Å². The molecule has 0 bridgehead atoms. The molecular formula is C31H24N2O5S. The molecule has 6 rings (SSSR count). The lowest BCUT2D eigenvalue weighted by molar-refractivity contribution is -0.122. The topological polar surface area (TPSA) is 93.6 Å². The number of carbonyl (C=O) groups is 4. The van der Waals surface area contributed by atoms with E-state index in [9.17, 15) is 19.2 Å². The number of anilines is 1.